The van der Waals surface area contributed by atoms with E-state index in [9.17, 15) is 8.42 Å². The van der Waals surface area contributed by atoms with Crippen molar-refractivity contribution in [3.8, 4) is 11.5 Å². The molecule has 7 heteroatoms. The van der Waals surface area contributed by atoms with E-state index in [0.717, 1.165) is 36.2 Å². The second kappa shape index (κ2) is 11.0. The monoisotopic (exact) mass is 508 g/mol. The van der Waals surface area contributed by atoms with Crippen LogP contribution in [0.5, 0.6) is 11.5 Å². The molecule has 0 saturated carbocycles. The average molecular weight is 509 g/mol. The molecule has 1 N–H and O–H groups in total. The Bertz CT molecular complexity index is 1290. The second-order valence-electron chi connectivity index (χ2n) is 9.51. The molecule has 0 spiro atoms. The quantitative estimate of drug-likeness (QED) is 0.432. The Kier molecular flexibility index (Phi) is 8.03. The van der Waals surface area contributed by atoms with Crippen LogP contribution in [0.4, 0.5) is 0 Å². The van der Waals surface area contributed by atoms with Crippen molar-refractivity contribution in [3.05, 3.63) is 88.5 Å². The molecular weight excluding hydrogens is 472 g/mol. The van der Waals surface area contributed by atoms with Crippen molar-refractivity contribution in [1.29, 1.82) is 0 Å². The van der Waals surface area contributed by atoms with E-state index in [2.05, 4.69) is 40.8 Å². The van der Waals surface area contributed by atoms with E-state index in [1.54, 1.807) is 26.4 Å². The fourth-order valence-electron chi connectivity index (χ4n) is 4.96. The highest BCUT2D eigenvalue weighted by Crippen LogP contribution is 2.41. The van der Waals surface area contributed by atoms with Gasteiger partial charge in [-0.2, -0.15) is 0 Å². The number of nitrogens with zero attached hydrogens (tertiary/aromatic N) is 1. The average Bonchev–Trinajstić information content (AvgIpc) is 2.88. The molecule has 3 aromatic carbocycles. The maximum atomic E-state index is 13.4. The molecule has 1 aliphatic heterocycles. The summed E-state index contributed by atoms with van der Waals surface area (Å²) in [6.07, 6.45) is 1.48. The van der Waals surface area contributed by atoms with E-state index in [4.69, 9.17) is 9.47 Å². The van der Waals surface area contributed by atoms with Crippen LogP contribution in [0.2, 0.25) is 0 Å². The lowest BCUT2D eigenvalue weighted by atomic mass is 9.86. The van der Waals surface area contributed by atoms with E-state index in [1.807, 2.05) is 38.1 Å². The molecule has 0 bridgehead atoms. The zero-order valence-corrected chi connectivity index (χ0v) is 22.6. The molecule has 1 heterocycles. The summed E-state index contributed by atoms with van der Waals surface area (Å²) < 4.78 is 41.1. The Morgan fingerprint density at radius 1 is 0.944 bits per heavy atom. The van der Waals surface area contributed by atoms with Gasteiger partial charge in [0.1, 0.15) is 0 Å². The van der Waals surface area contributed by atoms with Crippen LogP contribution in [0.1, 0.15) is 47.2 Å². The zero-order chi connectivity index (χ0) is 25.9. The number of ether oxygens (including phenoxy) is 2. The van der Waals surface area contributed by atoms with Crippen molar-refractivity contribution in [2.24, 2.45) is 0 Å². The molecule has 0 fully saturated rings. The summed E-state index contributed by atoms with van der Waals surface area (Å²) in [6.45, 7) is 7.59. The summed E-state index contributed by atoms with van der Waals surface area (Å²) in [7, 11) is -0.437. The highest BCUT2D eigenvalue weighted by Gasteiger charge is 2.36. The van der Waals surface area contributed by atoms with Crippen LogP contribution in [-0.4, -0.2) is 40.1 Å². The number of fused-ring (bicyclic) bond motifs is 1. The summed E-state index contributed by atoms with van der Waals surface area (Å²) in [5, 5.41) is 0. The molecule has 4 rings (SSSR count). The highest BCUT2D eigenvalue weighted by molar-refractivity contribution is 7.89. The normalized spacial score (nSPS) is 16.9. The number of nitrogens with one attached hydrogen (secondary N) is 1. The number of methoxy groups -OCH3 is 2. The number of hydrogen-bond acceptors (Lipinski definition) is 5. The molecule has 0 aliphatic carbocycles. The van der Waals surface area contributed by atoms with Gasteiger partial charge < -0.3 is 9.47 Å². The molecule has 0 aromatic heterocycles. The summed E-state index contributed by atoms with van der Waals surface area (Å²) in [5.41, 5.74) is 5.67. The topological polar surface area (TPSA) is 67.9 Å². The van der Waals surface area contributed by atoms with E-state index >= 15 is 0 Å². The van der Waals surface area contributed by atoms with Crippen LogP contribution < -0.4 is 14.2 Å². The van der Waals surface area contributed by atoms with Crippen LogP contribution >= 0.6 is 0 Å². The maximum absolute atomic E-state index is 13.4. The first-order valence-corrected chi connectivity index (χ1v) is 13.9. The van der Waals surface area contributed by atoms with Gasteiger partial charge in [-0.25, -0.2) is 13.1 Å². The molecule has 192 valence electrons. The summed E-state index contributed by atoms with van der Waals surface area (Å²) >= 11 is 0. The van der Waals surface area contributed by atoms with Crippen molar-refractivity contribution in [2.75, 3.05) is 20.8 Å². The smallest absolute Gasteiger partial charge is 0.240 e. The lowest BCUT2D eigenvalue weighted by Crippen LogP contribution is -2.48. The molecule has 0 radical (unpaired) electrons. The second-order valence-corrected chi connectivity index (χ2v) is 11.2. The van der Waals surface area contributed by atoms with Crippen LogP contribution in [0.25, 0.3) is 0 Å². The molecule has 1 aliphatic rings. The first-order chi connectivity index (χ1) is 17.2. The third kappa shape index (κ3) is 5.59. The van der Waals surface area contributed by atoms with Gasteiger partial charge in [0.2, 0.25) is 10.0 Å². The molecular formula is C29H36N2O4S. The van der Waals surface area contributed by atoms with Crippen molar-refractivity contribution < 1.29 is 17.9 Å². The van der Waals surface area contributed by atoms with Gasteiger partial charge in [0.15, 0.2) is 11.5 Å². The van der Waals surface area contributed by atoms with E-state index in [-0.39, 0.29) is 17.0 Å². The van der Waals surface area contributed by atoms with Crippen LogP contribution in [0, 0.1) is 13.8 Å². The Morgan fingerprint density at radius 3 is 2.11 bits per heavy atom. The molecule has 6 nitrogen and oxygen atoms in total. The van der Waals surface area contributed by atoms with Crippen LogP contribution in [0.3, 0.4) is 0 Å². The predicted molar refractivity (Wildman–Crippen MR) is 143 cm³/mol. The minimum Gasteiger partial charge on any atom is -0.493 e. The van der Waals surface area contributed by atoms with E-state index < -0.39 is 10.0 Å². The van der Waals surface area contributed by atoms with Crippen LogP contribution in [0.15, 0.2) is 65.6 Å². The Balaban J connectivity index is 1.75. The third-order valence-corrected chi connectivity index (χ3v) is 8.50. The molecule has 2 unspecified atom stereocenters. The minimum absolute atomic E-state index is 0.167. The van der Waals surface area contributed by atoms with Gasteiger partial charge in [0, 0.05) is 19.1 Å². The fraction of sp³-hybridized carbons (Fsp3) is 0.379. The molecule has 3 aromatic rings. The summed E-state index contributed by atoms with van der Waals surface area (Å²) in [6, 6.07) is 19.1. The predicted octanol–water partition coefficient (Wildman–Crippen LogP) is 5.18. The standard InChI is InChI=1S/C29H36N2O4S/c1-6-26(30-36(32,33)24-13-9-21(3)10-14-24)29-25-18-28(35-5)27(34-4)17-23(25)15-16-31(29)19-22-11-7-20(2)8-12-22/h7-14,17-18,26,29-30H,6,15-16,19H2,1-5H3. The lowest BCUT2D eigenvalue weighted by Gasteiger charge is -2.42. The molecule has 36 heavy (non-hydrogen) atoms. The number of hydrogen-bond donors (Lipinski definition) is 1. The number of benzene rings is 3. The van der Waals surface area contributed by atoms with Gasteiger partial charge in [-0.05, 0) is 67.6 Å². The maximum Gasteiger partial charge on any atom is 0.240 e. The zero-order valence-electron chi connectivity index (χ0n) is 21.7. The summed E-state index contributed by atoms with van der Waals surface area (Å²) in [5.74, 6) is 1.34. The van der Waals surface area contributed by atoms with Gasteiger partial charge in [0.05, 0.1) is 25.2 Å². The van der Waals surface area contributed by atoms with Gasteiger partial charge in [-0.1, -0.05) is 54.4 Å². The van der Waals surface area contributed by atoms with Gasteiger partial charge in [-0.3, -0.25) is 4.90 Å². The number of rotatable bonds is 9. The molecule has 0 amide bonds. The Morgan fingerprint density at radius 2 is 1.53 bits per heavy atom. The first-order valence-electron chi connectivity index (χ1n) is 12.4. The molecule has 0 saturated heterocycles. The largest absolute Gasteiger partial charge is 0.493 e. The van der Waals surface area contributed by atoms with Gasteiger partial charge >= 0.3 is 0 Å². The van der Waals surface area contributed by atoms with Crippen molar-refractivity contribution in [3.63, 3.8) is 0 Å². The number of aryl methyl sites for hydroxylation is 2. The SMILES string of the molecule is CCC(NS(=O)(=O)c1ccc(C)cc1)C1c2cc(OC)c(OC)cc2CCN1Cc1ccc(C)cc1. The summed E-state index contributed by atoms with van der Waals surface area (Å²) in [4.78, 5) is 2.66. The van der Waals surface area contributed by atoms with Gasteiger partial charge in [-0.15, -0.1) is 0 Å². The van der Waals surface area contributed by atoms with Crippen molar-refractivity contribution in [1.82, 2.24) is 9.62 Å². The van der Waals surface area contributed by atoms with Crippen molar-refractivity contribution in [2.45, 2.75) is 57.1 Å². The first kappa shape index (κ1) is 26.2. The highest BCUT2D eigenvalue weighted by atomic mass is 32.2. The molecule has 2 atom stereocenters. The van der Waals surface area contributed by atoms with Crippen LogP contribution in [-0.2, 0) is 23.0 Å². The van der Waals surface area contributed by atoms with E-state index in [0.29, 0.717) is 17.9 Å². The third-order valence-electron chi connectivity index (χ3n) is 6.99. The Labute approximate surface area is 215 Å². The minimum atomic E-state index is -3.70. The van der Waals surface area contributed by atoms with Gasteiger partial charge in [0.25, 0.3) is 0 Å². The fourth-order valence-corrected chi connectivity index (χ4v) is 6.29. The Hall–Kier alpha value is -2.87. The lowest BCUT2D eigenvalue weighted by molar-refractivity contribution is 0.143. The van der Waals surface area contributed by atoms with E-state index in [1.165, 1.54) is 11.1 Å². The van der Waals surface area contributed by atoms with Crippen molar-refractivity contribution >= 4 is 10.0 Å². The number of sulfonamides is 1.